The number of imide groups is 1. The molecule has 2 aromatic rings. The molecule has 6 nitrogen and oxygen atoms in total. The Morgan fingerprint density at radius 1 is 1.10 bits per heavy atom. The van der Waals surface area contributed by atoms with Crippen molar-refractivity contribution in [3.05, 3.63) is 64.1 Å². The number of thioether (sulfide) groups is 1. The number of methoxy groups -OCH3 is 2. The molecule has 1 fully saturated rings. The highest BCUT2D eigenvalue weighted by Crippen LogP contribution is 2.35. The van der Waals surface area contributed by atoms with E-state index in [9.17, 15) is 9.59 Å². The number of rotatable bonds is 5. The Hall–Kier alpha value is -3.06. The highest BCUT2D eigenvalue weighted by molar-refractivity contribution is 8.18. The summed E-state index contributed by atoms with van der Waals surface area (Å²) in [6.07, 6.45) is 2.52. The summed E-state index contributed by atoms with van der Waals surface area (Å²) in [6, 6.07) is 13.3. The molecule has 0 unspecified atom stereocenters. The van der Waals surface area contributed by atoms with Crippen LogP contribution in [0, 0.1) is 0 Å². The lowest BCUT2D eigenvalue weighted by Gasteiger charge is -2.22. The van der Waals surface area contributed by atoms with Crippen molar-refractivity contribution >= 4 is 34.7 Å². The first kappa shape index (κ1) is 19.3. The summed E-state index contributed by atoms with van der Waals surface area (Å²) < 4.78 is 10.8. The van der Waals surface area contributed by atoms with E-state index in [1.807, 2.05) is 42.5 Å². The Balaban J connectivity index is 1.60. The summed E-state index contributed by atoms with van der Waals surface area (Å²) >= 11 is 0.959. The summed E-state index contributed by atoms with van der Waals surface area (Å²) in [4.78, 5) is 31.6. The SMILES string of the molecule is COc1cc2c(cc1OC)C(CN1C(=O)S/C(=C\c3ccccc3)C1=O)=NCC2. The second-order valence-corrected chi connectivity index (χ2v) is 7.61. The van der Waals surface area contributed by atoms with Crippen LogP contribution in [0.3, 0.4) is 0 Å². The summed E-state index contributed by atoms with van der Waals surface area (Å²) in [7, 11) is 3.18. The molecule has 0 saturated carbocycles. The predicted octanol–water partition coefficient (Wildman–Crippen LogP) is 3.79. The fourth-order valence-electron chi connectivity index (χ4n) is 3.41. The smallest absolute Gasteiger partial charge is 0.293 e. The predicted molar refractivity (Wildman–Crippen MR) is 114 cm³/mol. The molecule has 2 amide bonds. The van der Waals surface area contributed by atoms with Crippen LogP contribution < -0.4 is 9.47 Å². The normalized spacial score (nSPS) is 17.4. The Morgan fingerprint density at radius 2 is 1.83 bits per heavy atom. The van der Waals surface area contributed by atoms with Crippen LogP contribution in [-0.4, -0.2) is 49.1 Å². The Kier molecular flexibility index (Phi) is 5.40. The maximum absolute atomic E-state index is 12.8. The molecule has 0 spiro atoms. The van der Waals surface area contributed by atoms with Crippen molar-refractivity contribution in [3.63, 3.8) is 0 Å². The lowest BCUT2D eigenvalue weighted by molar-refractivity contribution is -0.122. The molecule has 7 heteroatoms. The molecule has 2 aliphatic rings. The minimum Gasteiger partial charge on any atom is -0.493 e. The van der Waals surface area contributed by atoms with E-state index in [0.717, 1.165) is 34.9 Å². The molecule has 0 N–H and O–H groups in total. The highest BCUT2D eigenvalue weighted by atomic mass is 32.2. The van der Waals surface area contributed by atoms with E-state index in [1.165, 1.54) is 4.90 Å². The van der Waals surface area contributed by atoms with E-state index in [1.54, 1.807) is 20.3 Å². The third-order valence-corrected chi connectivity index (χ3v) is 5.79. The highest BCUT2D eigenvalue weighted by Gasteiger charge is 2.36. The number of benzene rings is 2. The standard InChI is InChI=1S/C22H20N2O4S/c1-27-18-11-15-8-9-23-17(16(15)12-19(18)28-2)13-24-21(25)20(29-22(24)26)10-14-6-4-3-5-7-14/h3-7,10-12H,8-9,13H2,1-2H3/b20-10-. The van der Waals surface area contributed by atoms with Gasteiger partial charge in [0.2, 0.25) is 0 Å². The molecule has 0 aliphatic carbocycles. The van der Waals surface area contributed by atoms with Gasteiger partial charge in [0.1, 0.15) is 0 Å². The maximum Gasteiger partial charge on any atom is 0.293 e. The lowest BCUT2D eigenvalue weighted by Crippen LogP contribution is -2.35. The van der Waals surface area contributed by atoms with Gasteiger partial charge in [0.05, 0.1) is 31.4 Å². The van der Waals surface area contributed by atoms with Crippen LogP contribution >= 0.6 is 11.8 Å². The fourth-order valence-corrected chi connectivity index (χ4v) is 4.25. The molecular formula is C22H20N2O4S. The Labute approximate surface area is 173 Å². The van der Waals surface area contributed by atoms with Gasteiger partial charge in [0.15, 0.2) is 11.5 Å². The lowest BCUT2D eigenvalue weighted by atomic mass is 9.96. The summed E-state index contributed by atoms with van der Waals surface area (Å²) in [5, 5.41) is -0.285. The molecular weight excluding hydrogens is 388 g/mol. The van der Waals surface area contributed by atoms with Crippen LogP contribution in [-0.2, 0) is 11.2 Å². The first-order valence-corrected chi connectivity index (χ1v) is 10.0. The molecule has 29 heavy (non-hydrogen) atoms. The average Bonchev–Trinajstić information content (AvgIpc) is 3.01. The molecule has 1 saturated heterocycles. The zero-order valence-electron chi connectivity index (χ0n) is 16.2. The second-order valence-electron chi connectivity index (χ2n) is 6.62. The molecule has 2 aliphatic heterocycles. The first-order valence-electron chi connectivity index (χ1n) is 9.19. The number of hydrogen-bond acceptors (Lipinski definition) is 6. The number of aliphatic imine (C=N–C) groups is 1. The van der Waals surface area contributed by atoms with E-state index in [4.69, 9.17) is 9.47 Å². The van der Waals surface area contributed by atoms with Gasteiger partial charge < -0.3 is 9.47 Å². The Morgan fingerprint density at radius 3 is 2.55 bits per heavy atom. The fraction of sp³-hybridized carbons (Fsp3) is 0.227. The zero-order chi connectivity index (χ0) is 20.4. The molecule has 0 radical (unpaired) electrons. The first-order chi connectivity index (χ1) is 14.1. The van der Waals surface area contributed by atoms with Gasteiger partial charge in [-0.05, 0) is 47.5 Å². The van der Waals surface area contributed by atoms with E-state index in [-0.39, 0.29) is 17.7 Å². The second kappa shape index (κ2) is 8.13. The molecule has 2 aromatic carbocycles. The van der Waals surface area contributed by atoms with Gasteiger partial charge in [-0.15, -0.1) is 0 Å². The summed E-state index contributed by atoms with van der Waals surface area (Å²) in [6.45, 7) is 0.743. The van der Waals surface area contributed by atoms with E-state index >= 15 is 0 Å². The summed E-state index contributed by atoms with van der Waals surface area (Å²) in [5.74, 6) is 0.961. The van der Waals surface area contributed by atoms with Crippen molar-refractivity contribution in [1.29, 1.82) is 0 Å². The number of carbonyl (C=O) groups excluding carboxylic acids is 2. The van der Waals surface area contributed by atoms with Crippen LogP contribution in [0.15, 0.2) is 52.4 Å². The maximum atomic E-state index is 12.8. The zero-order valence-corrected chi connectivity index (χ0v) is 17.0. The van der Waals surface area contributed by atoms with Crippen molar-refractivity contribution in [1.82, 2.24) is 4.90 Å². The number of fused-ring (bicyclic) bond motifs is 1. The number of carbonyl (C=O) groups is 2. The van der Waals surface area contributed by atoms with Crippen molar-refractivity contribution < 1.29 is 19.1 Å². The molecule has 4 rings (SSSR count). The van der Waals surface area contributed by atoms with Crippen molar-refractivity contribution in [2.45, 2.75) is 6.42 Å². The number of nitrogens with zero attached hydrogens (tertiary/aromatic N) is 2. The Bertz CT molecular complexity index is 1030. The third kappa shape index (κ3) is 3.78. The number of ether oxygens (including phenoxy) is 2. The number of amides is 2. The largest absolute Gasteiger partial charge is 0.493 e. The molecule has 148 valence electrons. The molecule has 0 atom stereocenters. The van der Waals surface area contributed by atoms with Gasteiger partial charge >= 0.3 is 0 Å². The van der Waals surface area contributed by atoms with Crippen molar-refractivity contribution in [3.8, 4) is 11.5 Å². The summed E-state index contributed by atoms with van der Waals surface area (Å²) in [5.41, 5.74) is 3.55. The van der Waals surface area contributed by atoms with Crippen LogP contribution in [0.25, 0.3) is 6.08 Å². The van der Waals surface area contributed by atoms with Gasteiger partial charge in [-0.1, -0.05) is 30.3 Å². The van der Waals surface area contributed by atoms with Crippen LogP contribution in [0.5, 0.6) is 11.5 Å². The minimum absolute atomic E-state index is 0.138. The minimum atomic E-state index is -0.292. The monoisotopic (exact) mass is 408 g/mol. The van der Waals surface area contributed by atoms with Crippen molar-refractivity contribution in [2.24, 2.45) is 4.99 Å². The van der Waals surface area contributed by atoms with E-state index < -0.39 is 0 Å². The molecule has 0 bridgehead atoms. The topological polar surface area (TPSA) is 68.2 Å². The van der Waals surface area contributed by atoms with Crippen molar-refractivity contribution in [2.75, 3.05) is 27.3 Å². The van der Waals surface area contributed by atoms with Gasteiger partial charge in [-0.25, -0.2) is 0 Å². The van der Waals surface area contributed by atoms with Crippen LogP contribution in [0.2, 0.25) is 0 Å². The van der Waals surface area contributed by atoms with Gasteiger partial charge in [0.25, 0.3) is 11.1 Å². The van der Waals surface area contributed by atoms with Gasteiger partial charge in [-0.3, -0.25) is 19.5 Å². The molecule has 0 aromatic heterocycles. The third-order valence-electron chi connectivity index (χ3n) is 4.88. The van der Waals surface area contributed by atoms with E-state index in [0.29, 0.717) is 28.7 Å². The quantitative estimate of drug-likeness (QED) is 0.704. The number of hydrogen-bond donors (Lipinski definition) is 0. The van der Waals surface area contributed by atoms with Gasteiger partial charge in [0, 0.05) is 12.1 Å². The van der Waals surface area contributed by atoms with E-state index in [2.05, 4.69) is 4.99 Å². The van der Waals surface area contributed by atoms with Gasteiger partial charge in [-0.2, -0.15) is 0 Å². The average molecular weight is 408 g/mol. The van der Waals surface area contributed by atoms with Crippen LogP contribution in [0.4, 0.5) is 4.79 Å². The van der Waals surface area contributed by atoms with Crippen LogP contribution in [0.1, 0.15) is 16.7 Å². The molecule has 2 heterocycles.